The molecule has 158 valence electrons. The zero-order valence-corrected chi connectivity index (χ0v) is 19.3. The van der Waals surface area contributed by atoms with Gasteiger partial charge in [0.15, 0.2) is 0 Å². The smallest absolute Gasteiger partial charge is 0.109 e. The molecule has 0 spiro atoms. The highest BCUT2D eigenvalue weighted by Crippen LogP contribution is 2.38. The van der Waals surface area contributed by atoms with Gasteiger partial charge >= 0.3 is 0 Å². The summed E-state index contributed by atoms with van der Waals surface area (Å²) in [6.07, 6.45) is 4.77. The Kier molecular flexibility index (Phi) is 7.47. The van der Waals surface area contributed by atoms with E-state index < -0.39 is 0 Å². The van der Waals surface area contributed by atoms with Crippen LogP contribution < -0.4 is 15.2 Å². The maximum Gasteiger partial charge on any atom is 0.109 e. The van der Waals surface area contributed by atoms with Crippen LogP contribution in [0.15, 0.2) is 65.7 Å². The fourth-order valence-corrected chi connectivity index (χ4v) is 3.99. The standard InChI is InChI=1S/C25H32N3OP/c1-18(21-14-10-7-11-15-21)27(3)24-23(25(24)28(4)19(2)30-5)26-22(17-29)16-20-12-8-6-9-13-20/h6-15,18-19,22,29H,5,16-17H2,1-4H3/t18-,19?,22?/m1/s1. The summed E-state index contributed by atoms with van der Waals surface area (Å²) < 4.78 is 0. The van der Waals surface area contributed by atoms with Crippen molar-refractivity contribution >= 4 is 25.9 Å². The first-order valence-electron chi connectivity index (χ1n) is 10.4. The zero-order valence-electron chi connectivity index (χ0n) is 18.4. The molecule has 3 aromatic rings. The summed E-state index contributed by atoms with van der Waals surface area (Å²) in [7, 11) is 5.30. The largest absolute Gasteiger partial charge is 0.394 e. The molecule has 0 aliphatic carbocycles. The van der Waals surface area contributed by atoms with Gasteiger partial charge < -0.3 is 14.9 Å². The Morgan fingerprint density at radius 3 is 2.07 bits per heavy atom. The highest BCUT2D eigenvalue weighted by atomic mass is 31.1. The fraction of sp³-hybridized carbons (Fsp3) is 0.360. The first kappa shape index (κ1) is 22.3. The van der Waals surface area contributed by atoms with Gasteiger partial charge in [0.25, 0.3) is 0 Å². The summed E-state index contributed by atoms with van der Waals surface area (Å²) in [5, 5.41) is 11.0. The van der Waals surface area contributed by atoms with Crippen molar-refractivity contribution in [3.05, 3.63) is 77.1 Å². The molecule has 0 saturated heterocycles. The quantitative estimate of drug-likeness (QED) is 0.493. The van der Waals surface area contributed by atoms with Gasteiger partial charge in [-0.3, -0.25) is 4.99 Å². The van der Waals surface area contributed by atoms with Gasteiger partial charge in [-0.15, -0.1) is 0 Å². The van der Waals surface area contributed by atoms with E-state index in [9.17, 15) is 5.11 Å². The van der Waals surface area contributed by atoms with Gasteiger partial charge in [0.1, 0.15) is 5.36 Å². The van der Waals surface area contributed by atoms with Crippen LogP contribution in [0.2, 0.25) is 0 Å². The molecule has 5 heteroatoms. The number of nitrogens with zero attached hydrogens (tertiary/aromatic N) is 3. The van der Waals surface area contributed by atoms with Crippen molar-refractivity contribution in [1.29, 1.82) is 0 Å². The molecule has 0 aliphatic heterocycles. The van der Waals surface area contributed by atoms with Crippen LogP contribution in [0.25, 0.3) is 0 Å². The second kappa shape index (κ2) is 10.1. The first-order chi connectivity index (χ1) is 14.5. The van der Waals surface area contributed by atoms with E-state index in [1.165, 1.54) is 11.1 Å². The van der Waals surface area contributed by atoms with Crippen molar-refractivity contribution < 1.29 is 5.11 Å². The van der Waals surface area contributed by atoms with Crippen molar-refractivity contribution in [3.63, 3.8) is 0 Å². The lowest BCUT2D eigenvalue weighted by molar-refractivity contribution is 0.264. The SMILES string of the molecule is C=PC(C)N(C)c1c(N(C)[C@H](C)c2ccccc2)c1=NC(CO)Cc1ccccc1. The topological polar surface area (TPSA) is 39.1 Å². The van der Waals surface area contributed by atoms with Gasteiger partial charge in [0.05, 0.1) is 35.8 Å². The average molecular weight is 422 g/mol. The molecule has 0 aliphatic rings. The minimum Gasteiger partial charge on any atom is -0.394 e. The van der Waals surface area contributed by atoms with Crippen LogP contribution in [0.5, 0.6) is 0 Å². The van der Waals surface area contributed by atoms with Gasteiger partial charge in [-0.25, -0.2) is 0 Å². The Morgan fingerprint density at radius 1 is 0.933 bits per heavy atom. The monoisotopic (exact) mass is 421 g/mol. The molecule has 3 rings (SSSR count). The molecule has 0 radical (unpaired) electrons. The normalized spacial score (nSPS) is 15.3. The lowest BCUT2D eigenvalue weighted by Crippen LogP contribution is -2.24. The molecule has 2 unspecified atom stereocenters. The zero-order chi connectivity index (χ0) is 21.7. The molecule has 1 N–H and O–H groups in total. The molecule has 0 bridgehead atoms. The number of hydrogen-bond acceptors (Lipinski definition) is 4. The predicted molar refractivity (Wildman–Crippen MR) is 131 cm³/mol. The van der Waals surface area contributed by atoms with E-state index in [2.05, 4.69) is 80.4 Å². The maximum absolute atomic E-state index is 9.99. The lowest BCUT2D eigenvalue weighted by atomic mass is 10.1. The van der Waals surface area contributed by atoms with Crippen molar-refractivity contribution in [2.45, 2.75) is 38.1 Å². The van der Waals surface area contributed by atoms with Crippen LogP contribution in [-0.4, -0.2) is 43.9 Å². The maximum atomic E-state index is 9.99. The Bertz CT molecular complexity index is 963. The number of aliphatic hydroxyl groups is 1. The van der Waals surface area contributed by atoms with Crippen LogP contribution in [0, 0.1) is 0 Å². The summed E-state index contributed by atoms with van der Waals surface area (Å²) in [6.45, 7) is 4.42. The van der Waals surface area contributed by atoms with E-state index in [1.54, 1.807) is 0 Å². The van der Waals surface area contributed by atoms with Crippen LogP contribution in [0.4, 0.5) is 11.4 Å². The summed E-state index contributed by atoms with van der Waals surface area (Å²) in [4.78, 5) is 9.54. The van der Waals surface area contributed by atoms with Gasteiger partial charge in [-0.2, -0.15) is 0 Å². The minimum absolute atomic E-state index is 0.0315. The number of aliphatic hydroxyl groups excluding tert-OH is 1. The first-order valence-corrected chi connectivity index (χ1v) is 11.6. The van der Waals surface area contributed by atoms with Gasteiger partial charge in [0.2, 0.25) is 0 Å². The Balaban J connectivity index is 1.92. The van der Waals surface area contributed by atoms with Crippen molar-refractivity contribution in [1.82, 2.24) is 0 Å². The van der Waals surface area contributed by atoms with Gasteiger partial charge in [0, 0.05) is 14.1 Å². The van der Waals surface area contributed by atoms with Gasteiger partial charge in [-0.05, 0) is 31.4 Å². The van der Waals surface area contributed by atoms with Crippen LogP contribution in [0.3, 0.4) is 0 Å². The number of rotatable bonds is 10. The summed E-state index contributed by atoms with van der Waals surface area (Å²) in [6, 6.07) is 20.8. The van der Waals surface area contributed by atoms with E-state index in [0.29, 0.717) is 5.78 Å². The van der Waals surface area contributed by atoms with Gasteiger partial charge in [-0.1, -0.05) is 75.2 Å². The van der Waals surface area contributed by atoms with Crippen LogP contribution >= 0.6 is 8.20 Å². The van der Waals surface area contributed by atoms with E-state index in [0.717, 1.165) is 31.4 Å². The third-order valence-corrected chi connectivity index (χ3v) is 6.71. The molecule has 0 heterocycles. The van der Waals surface area contributed by atoms with Crippen molar-refractivity contribution in [3.8, 4) is 0 Å². The average Bonchev–Trinajstić information content (AvgIpc) is 3.51. The Morgan fingerprint density at radius 2 is 1.50 bits per heavy atom. The highest BCUT2D eigenvalue weighted by Gasteiger charge is 2.31. The molecule has 0 aromatic heterocycles. The second-order valence-electron chi connectivity index (χ2n) is 7.82. The molecule has 0 amide bonds. The summed E-state index contributed by atoms with van der Waals surface area (Å²) in [5.74, 6) is 0.296. The molecule has 0 saturated carbocycles. The van der Waals surface area contributed by atoms with Crippen LogP contribution in [0.1, 0.15) is 31.0 Å². The van der Waals surface area contributed by atoms with E-state index in [1.807, 2.05) is 24.3 Å². The van der Waals surface area contributed by atoms with E-state index >= 15 is 0 Å². The fourth-order valence-electron chi connectivity index (χ4n) is 3.63. The molecular weight excluding hydrogens is 389 g/mol. The molecule has 4 nitrogen and oxygen atoms in total. The van der Waals surface area contributed by atoms with Crippen molar-refractivity contribution in [2.24, 2.45) is 4.99 Å². The lowest BCUT2D eigenvalue weighted by Gasteiger charge is -2.26. The third-order valence-electron chi connectivity index (χ3n) is 5.84. The number of benzene rings is 2. The molecule has 0 fully saturated rings. The Labute approximate surface area is 182 Å². The second-order valence-corrected chi connectivity index (χ2v) is 8.94. The molecule has 3 aromatic carbocycles. The molecule has 30 heavy (non-hydrogen) atoms. The van der Waals surface area contributed by atoms with Crippen LogP contribution in [-0.2, 0) is 6.42 Å². The summed E-state index contributed by atoms with van der Waals surface area (Å²) in [5.41, 5.74) is 4.78. The predicted octanol–water partition coefficient (Wildman–Crippen LogP) is 4.42. The number of anilines is 2. The Hall–Kier alpha value is -2.42. The third kappa shape index (κ3) is 5.00. The molecular formula is C25H32N3OP. The number of hydrogen-bond donors (Lipinski definition) is 1. The molecule has 3 atom stereocenters. The van der Waals surface area contributed by atoms with E-state index in [-0.39, 0.29) is 18.7 Å². The minimum atomic E-state index is -0.156. The summed E-state index contributed by atoms with van der Waals surface area (Å²) >= 11 is 0. The van der Waals surface area contributed by atoms with Crippen molar-refractivity contribution in [2.75, 3.05) is 30.5 Å². The highest BCUT2D eigenvalue weighted by molar-refractivity contribution is 7.37. The van der Waals surface area contributed by atoms with E-state index in [4.69, 9.17) is 4.99 Å².